The van der Waals surface area contributed by atoms with Crippen molar-refractivity contribution in [2.24, 2.45) is 0 Å². The molecule has 2 rings (SSSR count). The first-order valence-corrected chi connectivity index (χ1v) is 7.29. The Morgan fingerprint density at radius 3 is 2.68 bits per heavy atom. The maximum absolute atomic E-state index is 12.3. The minimum atomic E-state index is -1.13. The Hall–Kier alpha value is -2.85. The molecule has 1 aromatic carbocycles. The maximum Gasteiger partial charge on any atom is 0.331 e. The van der Waals surface area contributed by atoms with Gasteiger partial charge in [0.2, 0.25) is 0 Å². The molecule has 7 heteroatoms. The molecule has 0 amide bonds. The molecule has 2 aromatic rings. The topological polar surface area (TPSA) is 95.1 Å². The van der Waals surface area contributed by atoms with E-state index in [9.17, 15) is 14.9 Å². The summed E-state index contributed by atoms with van der Waals surface area (Å²) in [7, 11) is 0. The quantitative estimate of drug-likeness (QED) is 0.858. The van der Waals surface area contributed by atoms with Crippen LogP contribution in [0.5, 0.6) is 0 Å². The molecule has 1 heterocycles. The van der Waals surface area contributed by atoms with Gasteiger partial charge in [0.05, 0.1) is 6.08 Å². The zero-order valence-electron chi connectivity index (χ0n) is 11.7. The second-order valence-electron chi connectivity index (χ2n) is 4.28. The number of nitrogens with one attached hydrogen (secondary N) is 1. The molecule has 0 unspecified atom stereocenters. The number of carbonyl (C=O) groups is 1. The minimum absolute atomic E-state index is 0.105. The summed E-state index contributed by atoms with van der Waals surface area (Å²) in [6.07, 6.45) is 0.969. The van der Waals surface area contributed by atoms with Crippen molar-refractivity contribution in [3.05, 3.63) is 49.9 Å². The van der Waals surface area contributed by atoms with Gasteiger partial charge in [-0.05, 0) is 19.1 Å². The zero-order chi connectivity index (χ0) is 16.1. The van der Waals surface area contributed by atoms with Crippen LogP contribution < -0.4 is 20.1 Å². The van der Waals surface area contributed by atoms with E-state index in [1.165, 1.54) is 4.57 Å². The average molecular weight is 315 g/mol. The van der Waals surface area contributed by atoms with Crippen molar-refractivity contribution in [2.75, 3.05) is 5.32 Å². The predicted molar refractivity (Wildman–Crippen MR) is 84.7 cm³/mol. The third kappa shape index (κ3) is 3.24. The number of hydrogen-bond acceptors (Lipinski definition) is 5. The van der Waals surface area contributed by atoms with Crippen molar-refractivity contribution in [2.45, 2.75) is 13.5 Å². The van der Waals surface area contributed by atoms with Gasteiger partial charge in [-0.2, -0.15) is 5.26 Å². The Labute approximate surface area is 129 Å². The number of benzene rings is 1. The number of anilines is 1. The van der Waals surface area contributed by atoms with Crippen LogP contribution in [-0.2, 0) is 11.3 Å². The van der Waals surface area contributed by atoms with Gasteiger partial charge in [0.15, 0.2) is 0 Å². The number of carboxylic acid groups (broad SMARTS) is 1. The Bertz CT molecular complexity index is 904. The molecule has 0 aliphatic rings. The third-order valence-corrected chi connectivity index (χ3v) is 3.99. The van der Waals surface area contributed by atoms with Crippen LogP contribution in [0.2, 0.25) is 0 Å². The van der Waals surface area contributed by atoms with Crippen molar-refractivity contribution >= 4 is 34.8 Å². The Morgan fingerprint density at radius 1 is 1.45 bits per heavy atom. The van der Waals surface area contributed by atoms with Gasteiger partial charge in [0.1, 0.15) is 21.0 Å². The van der Waals surface area contributed by atoms with Gasteiger partial charge in [-0.3, -0.25) is 9.36 Å². The first-order valence-electron chi connectivity index (χ1n) is 6.47. The number of hydrogen-bond donors (Lipinski definition) is 2. The van der Waals surface area contributed by atoms with Crippen molar-refractivity contribution < 1.29 is 9.90 Å². The number of nitriles is 1. The van der Waals surface area contributed by atoms with Crippen molar-refractivity contribution in [1.82, 2.24) is 4.57 Å². The molecule has 0 bridgehead atoms. The molecule has 0 aliphatic heterocycles. The van der Waals surface area contributed by atoms with E-state index in [1.807, 2.05) is 12.1 Å². The van der Waals surface area contributed by atoms with E-state index in [2.05, 4.69) is 5.32 Å². The largest absolute Gasteiger partial charge is 0.478 e. The number of rotatable bonds is 4. The summed E-state index contributed by atoms with van der Waals surface area (Å²) in [6.45, 7) is 2.08. The number of aromatic nitrogens is 1. The van der Waals surface area contributed by atoms with E-state index in [0.717, 1.165) is 17.4 Å². The maximum atomic E-state index is 12.3. The van der Waals surface area contributed by atoms with Gasteiger partial charge >= 0.3 is 5.97 Å². The van der Waals surface area contributed by atoms with Crippen LogP contribution in [0.4, 0.5) is 5.69 Å². The lowest BCUT2D eigenvalue weighted by Crippen LogP contribution is -2.32. The van der Waals surface area contributed by atoms with E-state index in [4.69, 9.17) is 5.11 Å². The minimum Gasteiger partial charge on any atom is -0.478 e. The molecule has 112 valence electrons. The fraction of sp³-hybridized carbons (Fsp3) is 0.133. The van der Waals surface area contributed by atoms with Gasteiger partial charge in [0.25, 0.3) is 5.56 Å². The summed E-state index contributed by atoms with van der Waals surface area (Å²) in [5.41, 5.74) is 0.409. The van der Waals surface area contributed by atoms with Crippen LogP contribution in [0.25, 0.3) is 11.8 Å². The Kier molecular flexibility index (Phi) is 4.76. The van der Waals surface area contributed by atoms with Crippen LogP contribution >= 0.6 is 11.3 Å². The molecule has 0 atom stereocenters. The summed E-state index contributed by atoms with van der Waals surface area (Å²) >= 11 is 0.983. The molecular formula is C15H13N3O3S. The first kappa shape index (κ1) is 15.5. The van der Waals surface area contributed by atoms with Crippen molar-refractivity contribution in [3.8, 4) is 6.07 Å². The highest BCUT2D eigenvalue weighted by Crippen LogP contribution is 2.08. The van der Waals surface area contributed by atoms with Crippen LogP contribution in [0.15, 0.2) is 35.1 Å². The fourth-order valence-corrected chi connectivity index (χ4v) is 2.99. The highest BCUT2D eigenvalue weighted by atomic mass is 32.1. The highest BCUT2D eigenvalue weighted by molar-refractivity contribution is 7.07. The van der Waals surface area contributed by atoms with Crippen molar-refractivity contribution in [3.63, 3.8) is 0 Å². The number of nitrogens with zero attached hydrogens (tertiary/aromatic N) is 2. The van der Waals surface area contributed by atoms with Crippen LogP contribution in [0.3, 0.4) is 0 Å². The second-order valence-corrected chi connectivity index (χ2v) is 5.31. The molecule has 0 saturated heterocycles. The van der Waals surface area contributed by atoms with Crippen LogP contribution in [0.1, 0.15) is 6.92 Å². The van der Waals surface area contributed by atoms with Gasteiger partial charge in [-0.25, -0.2) is 4.79 Å². The van der Waals surface area contributed by atoms with Gasteiger partial charge in [0, 0.05) is 12.2 Å². The molecule has 0 spiro atoms. The zero-order valence-corrected chi connectivity index (χ0v) is 12.6. The van der Waals surface area contributed by atoms with Crippen LogP contribution in [-0.4, -0.2) is 15.6 Å². The monoisotopic (exact) mass is 315 g/mol. The molecule has 22 heavy (non-hydrogen) atoms. The number of para-hydroxylation sites is 1. The van der Waals surface area contributed by atoms with Crippen molar-refractivity contribution in [1.29, 1.82) is 5.26 Å². The summed E-state index contributed by atoms with van der Waals surface area (Å²) in [4.78, 5) is 23.2. The smallest absolute Gasteiger partial charge is 0.331 e. The van der Waals surface area contributed by atoms with Gasteiger partial charge < -0.3 is 10.4 Å². The number of thiazole rings is 1. The summed E-state index contributed by atoms with van der Waals surface area (Å²) in [5.74, 6) is -1.13. The van der Waals surface area contributed by atoms with Gasteiger partial charge in [-0.1, -0.05) is 18.2 Å². The highest BCUT2D eigenvalue weighted by Gasteiger charge is 2.09. The standard InChI is InChI=1S/C15H13N3O3S/c1-2-18-12(8-13(19)20)22-14(15(18)21)11(9-16)17-10-6-4-3-5-7-10/h3-8,17H,2H2,1H3,(H,19,20)/b12-8+,14-11-. The first-order chi connectivity index (χ1) is 10.6. The van der Waals surface area contributed by atoms with Crippen LogP contribution in [0, 0.1) is 11.3 Å². The van der Waals surface area contributed by atoms with E-state index in [1.54, 1.807) is 31.2 Å². The summed E-state index contributed by atoms with van der Waals surface area (Å²) in [5, 5.41) is 21.1. The predicted octanol–water partition coefficient (Wildman–Crippen LogP) is 0.539. The molecule has 0 saturated carbocycles. The molecule has 6 nitrogen and oxygen atoms in total. The van der Waals surface area contributed by atoms with E-state index >= 15 is 0 Å². The normalized spacial score (nSPS) is 12.6. The molecule has 0 aliphatic carbocycles. The summed E-state index contributed by atoms with van der Waals surface area (Å²) in [6, 6.07) is 11.0. The fourth-order valence-electron chi connectivity index (χ4n) is 1.90. The average Bonchev–Trinajstić information content (AvgIpc) is 2.81. The lowest BCUT2D eigenvalue weighted by atomic mass is 10.3. The van der Waals surface area contributed by atoms with E-state index in [-0.39, 0.29) is 15.8 Å². The second kappa shape index (κ2) is 6.74. The Balaban J connectivity index is 2.68. The molecule has 0 fully saturated rings. The van der Waals surface area contributed by atoms with E-state index in [0.29, 0.717) is 16.9 Å². The molecule has 0 radical (unpaired) electrons. The number of aliphatic carboxylic acids is 1. The number of carboxylic acids is 1. The Morgan fingerprint density at radius 2 is 2.14 bits per heavy atom. The lowest BCUT2D eigenvalue weighted by molar-refractivity contribution is -0.129. The molecule has 2 N–H and O–H groups in total. The molecular weight excluding hydrogens is 302 g/mol. The summed E-state index contributed by atoms with van der Waals surface area (Å²) < 4.78 is 1.83. The SMILES string of the molecule is CCn1c(=O)/c(=C(\C#N)Nc2ccccc2)s/c1=C/C(=O)O. The lowest BCUT2D eigenvalue weighted by Gasteiger charge is -2.01. The third-order valence-electron chi connectivity index (χ3n) is 2.86. The van der Waals surface area contributed by atoms with Gasteiger partial charge in [-0.15, -0.1) is 11.3 Å². The van der Waals surface area contributed by atoms with E-state index < -0.39 is 5.97 Å². The molecule has 1 aromatic heterocycles.